The number of carbonyl (C=O) groups is 3. The molecule has 1 rings (SSSR count). The molecule has 0 aliphatic heterocycles. The van der Waals surface area contributed by atoms with Crippen molar-refractivity contribution in [3.63, 3.8) is 0 Å². The number of hydrogen-bond acceptors (Lipinski definition) is 5. The van der Waals surface area contributed by atoms with Crippen molar-refractivity contribution in [1.82, 2.24) is 0 Å². The quantitative estimate of drug-likeness (QED) is 0.373. The fraction of sp³-hybridized carbons (Fsp3) is 0.722. The normalized spacial score (nSPS) is 20.2. The summed E-state index contributed by atoms with van der Waals surface area (Å²) in [5, 5.41) is 8.93. The number of hydrogen-bond donors (Lipinski definition) is 1. The average Bonchev–Trinajstić information content (AvgIpc) is 2.56. The van der Waals surface area contributed by atoms with Crippen LogP contribution in [-0.4, -0.2) is 36.2 Å². The van der Waals surface area contributed by atoms with Crippen LogP contribution in [0.25, 0.3) is 0 Å². The van der Waals surface area contributed by atoms with Crippen LogP contribution in [0.15, 0.2) is 12.2 Å². The van der Waals surface area contributed by atoms with E-state index in [-0.39, 0.29) is 23.8 Å². The third-order valence-electron chi connectivity index (χ3n) is 4.27. The number of esters is 2. The summed E-state index contributed by atoms with van der Waals surface area (Å²) >= 11 is 0. The van der Waals surface area contributed by atoms with Crippen LogP contribution in [0.2, 0.25) is 0 Å². The molecule has 0 aromatic carbocycles. The molecule has 0 atom stereocenters. The molecule has 136 valence electrons. The Morgan fingerprint density at radius 3 is 1.92 bits per heavy atom. The van der Waals surface area contributed by atoms with E-state index in [2.05, 4.69) is 6.58 Å². The largest absolute Gasteiger partial charge is 0.481 e. The Bertz CT molecular complexity index is 448. The molecule has 0 aromatic heterocycles. The highest BCUT2D eigenvalue weighted by Crippen LogP contribution is 2.29. The van der Waals surface area contributed by atoms with Crippen LogP contribution >= 0.6 is 0 Å². The van der Waals surface area contributed by atoms with E-state index in [1.165, 1.54) is 0 Å². The Hall–Kier alpha value is -1.85. The van der Waals surface area contributed by atoms with Gasteiger partial charge in [0.2, 0.25) is 0 Å². The van der Waals surface area contributed by atoms with E-state index in [9.17, 15) is 14.4 Å². The fourth-order valence-electron chi connectivity index (χ4n) is 2.71. The summed E-state index contributed by atoms with van der Waals surface area (Å²) in [5.74, 6) is -1.79. The topological polar surface area (TPSA) is 89.9 Å². The second-order valence-corrected chi connectivity index (χ2v) is 6.38. The highest BCUT2D eigenvalue weighted by molar-refractivity contribution is 5.86. The summed E-state index contributed by atoms with van der Waals surface area (Å²) in [4.78, 5) is 33.9. The van der Waals surface area contributed by atoms with E-state index in [0.29, 0.717) is 44.5 Å². The van der Waals surface area contributed by atoms with Gasteiger partial charge in [-0.15, -0.1) is 0 Å². The molecule has 0 radical (unpaired) electrons. The first-order chi connectivity index (χ1) is 11.4. The van der Waals surface area contributed by atoms with Crippen molar-refractivity contribution in [2.24, 2.45) is 11.8 Å². The van der Waals surface area contributed by atoms with Crippen LogP contribution < -0.4 is 0 Å². The monoisotopic (exact) mass is 340 g/mol. The second kappa shape index (κ2) is 10.8. The zero-order valence-corrected chi connectivity index (χ0v) is 14.4. The minimum Gasteiger partial charge on any atom is -0.481 e. The van der Waals surface area contributed by atoms with E-state index in [4.69, 9.17) is 14.6 Å². The van der Waals surface area contributed by atoms with Gasteiger partial charge in [0, 0.05) is 5.57 Å². The highest BCUT2D eigenvalue weighted by Gasteiger charge is 2.30. The molecule has 0 aromatic rings. The van der Waals surface area contributed by atoms with Crippen LogP contribution in [0.5, 0.6) is 0 Å². The first-order valence-corrected chi connectivity index (χ1v) is 8.64. The smallest absolute Gasteiger partial charge is 0.333 e. The molecule has 1 aliphatic carbocycles. The van der Waals surface area contributed by atoms with Crippen molar-refractivity contribution in [3.05, 3.63) is 12.2 Å². The number of carboxylic acids is 1. The SMILES string of the molecule is C=C(C)C(=O)OCCCCCCOC(=O)[C@H]1CC[C@H](C(=O)O)CC1. The van der Waals surface area contributed by atoms with Gasteiger partial charge in [-0.05, 0) is 58.3 Å². The fourth-order valence-corrected chi connectivity index (χ4v) is 2.71. The standard InChI is InChI=1S/C18H28O6/c1-13(2)17(21)23-11-5-3-4-6-12-24-18(22)15-9-7-14(8-10-15)16(19)20/h14-15H,1,3-12H2,2H3,(H,19,20)/t14-,15-. The molecule has 1 N–H and O–H groups in total. The van der Waals surface area contributed by atoms with Gasteiger partial charge in [0.05, 0.1) is 25.0 Å². The average molecular weight is 340 g/mol. The molecule has 0 spiro atoms. The van der Waals surface area contributed by atoms with Crippen LogP contribution in [0.3, 0.4) is 0 Å². The number of unbranched alkanes of at least 4 members (excludes halogenated alkanes) is 3. The number of carboxylic acid groups (broad SMARTS) is 1. The second-order valence-electron chi connectivity index (χ2n) is 6.38. The Balaban J connectivity index is 1.99. The Labute approximate surface area is 143 Å². The Morgan fingerprint density at radius 1 is 0.917 bits per heavy atom. The van der Waals surface area contributed by atoms with Gasteiger partial charge in [-0.25, -0.2) is 4.79 Å². The van der Waals surface area contributed by atoms with Crippen molar-refractivity contribution in [1.29, 1.82) is 0 Å². The lowest BCUT2D eigenvalue weighted by molar-refractivity contribution is -0.152. The van der Waals surface area contributed by atoms with Gasteiger partial charge in [-0.2, -0.15) is 0 Å². The van der Waals surface area contributed by atoms with E-state index in [1.807, 2.05) is 0 Å². The Morgan fingerprint density at radius 2 is 1.42 bits per heavy atom. The minimum absolute atomic E-state index is 0.151. The van der Waals surface area contributed by atoms with Gasteiger partial charge in [0.25, 0.3) is 0 Å². The maximum atomic E-state index is 11.9. The van der Waals surface area contributed by atoms with Crippen LogP contribution in [0, 0.1) is 11.8 Å². The van der Waals surface area contributed by atoms with Crippen molar-refractivity contribution in [2.75, 3.05) is 13.2 Å². The lowest BCUT2D eigenvalue weighted by atomic mass is 9.82. The predicted octanol–water partition coefficient (Wildman–Crippen LogP) is 3.10. The van der Waals surface area contributed by atoms with Gasteiger partial charge >= 0.3 is 17.9 Å². The molecular formula is C18H28O6. The van der Waals surface area contributed by atoms with Crippen molar-refractivity contribution in [2.45, 2.75) is 58.3 Å². The molecule has 1 fully saturated rings. The first kappa shape index (κ1) is 20.2. The summed E-state index contributed by atoms with van der Waals surface area (Å²) in [6.07, 6.45) is 5.69. The molecule has 6 heteroatoms. The third kappa shape index (κ3) is 7.62. The van der Waals surface area contributed by atoms with Crippen LogP contribution in [-0.2, 0) is 23.9 Å². The molecule has 24 heavy (non-hydrogen) atoms. The van der Waals surface area contributed by atoms with E-state index in [0.717, 1.165) is 25.7 Å². The summed E-state index contributed by atoms with van der Waals surface area (Å²) in [6.45, 7) is 5.91. The summed E-state index contributed by atoms with van der Waals surface area (Å²) in [5.41, 5.74) is 0.402. The molecule has 0 saturated heterocycles. The highest BCUT2D eigenvalue weighted by atomic mass is 16.5. The Kier molecular flexibility index (Phi) is 9.12. The lowest BCUT2D eigenvalue weighted by Gasteiger charge is -2.24. The molecule has 0 amide bonds. The van der Waals surface area contributed by atoms with Gasteiger partial charge in [-0.1, -0.05) is 6.58 Å². The van der Waals surface area contributed by atoms with Gasteiger partial charge < -0.3 is 14.6 Å². The summed E-state index contributed by atoms with van der Waals surface area (Å²) in [6, 6.07) is 0. The molecule has 0 heterocycles. The summed E-state index contributed by atoms with van der Waals surface area (Å²) < 4.78 is 10.3. The molecule has 6 nitrogen and oxygen atoms in total. The number of ether oxygens (including phenoxy) is 2. The number of aliphatic carboxylic acids is 1. The number of rotatable bonds is 10. The van der Waals surface area contributed by atoms with Crippen LogP contribution in [0.1, 0.15) is 58.3 Å². The lowest BCUT2D eigenvalue weighted by Crippen LogP contribution is -2.27. The zero-order valence-electron chi connectivity index (χ0n) is 14.4. The zero-order chi connectivity index (χ0) is 17.9. The first-order valence-electron chi connectivity index (χ1n) is 8.64. The minimum atomic E-state index is -0.768. The van der Waals surface area contributed by atoms with Gasteiger partial charge in [0.1, 0.15) is 0 Å². The molecule has 1 saturated carbocycles. The van der Waals surface area contributed by atoms with Gasteiger partial charge in [0.15, 0.2) is 0 Å². The van der Waals surface area contributed by atoms with Crippen molar-refractivity contribution in [3.8, 4) is 0 Å². The molecule has 0 unspecified atom stereocenters. The molecular weight excluding hydrogens is 312 g/mol. The van der Waals surface area contributed by atoms with Crippen LogP contribution in [0.4, 0.5) is 0 Å². The van der Waals surface area contributed by atoms with E-state index in [1.54, 1.807) is 6.92 Å². The van der Waals surface area contributed by atoms with Gasteiger partial charge in [-0.3, -0.25) is 9.59 Å². The van der Waals surface area contributed by atoms with E-state index < -0.39 is 5.97 Å². The summed E-state index contributed by atoms with van der Waals surface area (Å²) in [7, 11) is 0. The third-order valence-corrected chi connectivity index (χ3v) is 4.27. The number of carbonyl (C=O) groups excluding carboxylic acids is 2. The van der Waals surface area contributed by atoms with Crippen molar-refractivity contribution >= 4 is 17.9 Å². The molecule has 1 aliphatic rings. The maximum Gasteiger partial charge on any atom is 0.333 e. The van der Waals surface area contributed by atoms with Crippen molar-refractivity contribution < 1.29 is 29.0 Å². The molecule has 0 bridgehead atoms. The maximum absolute atomic E-state index is 11.9. The predicted molar refractivity (Wildman–Crippen MR) is 88.3 cm³/mol. The van der Waals surface area contributed by atoms with E-state index >= 15 is 0 Å².